The molecule has 0 aliphatic heterocycles. The van der Waals surface area contributed by atoms with Gasteiger partial charge in [0.05, 0.1) is 15.8 Å². The van der Waals surface area contributed by atoms with E-state index < -0.39 is 0 Å². The number of carbonyl (C=O) groups is 1. The van der Waals surface area contributed by atoms with E-state index in [2.05, 4.69) is 11.1 Å². The molecule has 0 radical (unpaired) electrons. The van der Waals surface area contributed by atoms with Crippen molar-refractivity contribution in [2.75, 3.05) is 18.1 Å². The molecule has 0 aliphatic rings. The Morgan fingerprint density at radius 3 is 2.80 bits per heavy atom. The molecule has 0 spiro atoms. The number of thiazole rings is 1. The number of ether oxygens (including phenoxy) is 1. The van der Waals surface area contributed by atoms with Crippen molar-refractivity contribution in [1.82, 2.24) is 4.98 Å². The van der Waals surface area contributed by atoms with Gasteiger partial charge in [0.2, 0.25) is 0 Å². The first-order valence-electron chi connectivity index (χ1n) is 7.92. The minimum Gasteiger partial charge on any atom is -0.482 e. The molecule has 0 unspecified atom stereocenters. The van der Waals surface area contributed by atoms with Crippen molar-refractivity contribution in [1.29, 1.82) is 5.26 Å². The smallest absolute Gasteiger partial charge is 0.266 e. The zero-order valence-electron chi connectivity index (χ0n) is 14.0. The number of aromatic nitrogens is 1. The highest BCUT2D eigenvalue weighted by Gasteiger charge is 2.19. The molecule has 0 saturated carbocycles. The van der Waals surface area contributed by atoms with Crippen molar-refractivity contribution in [3.05, 3.63) is 53.6 Å². The van der Waals surface area contributed by atoms with Crippen LogP contribution in [0.3, 0.4) is 0 Å². The average Bonchev–Trinajstić information content (AvgIpc) is 3.06. The van der Waals surface area contributed by atoms with Gasteiger partial charge in [-0.2, -0.15) is 5.26 Å². The third-order valence-corrected chi connectivity index (χ3v) is 4.86. The molecule has 0 aliphatic carbocycles. The van der Waals surface area contributed by atoms with Crippen LogP contribution in [-0.4, -0.2) is 24.0 Å². The normalized spacial score (nSPS) is 10.4. The first-order valence-corrected chi connectivity index (χ1v) is 8.74. The Morgan fingerprint density at radius 2 is 2.08 bits per heavy atom. The number of nitriles is 1. The lowest BCUT2D eigenvalue weighted by Crippen LogP contribution is -2.34. The minimum absolute atomic E-state index is 0.137. The molecule has 25 heavy (non-hydrogen) atoms. The Balaban J connectivity index is 1.79. The highest BCUT2D eigenvalue weighted by molar-refractivity contribution is 7.22. The summed E-state index contributed by atoms with van der Waals surface area (Å²) in [5.74, 6) is 0.224. The van der Waals surface area contributed by atoms with Crippen LogP contribution in [0.25, 0.3) is 10.2 Å². The topological polar surface area (TPSA) is 66.2 Å². The van der Waals surface area contributed by atoms with Gasteiger partial charge in [-0.3, -0.25) is 9.69 Å². The van der Waals surface area contributed by atoms with Crippen molar-refractivity contribution in [3.8, 4) is 11.8 Å². The first-order chi connectivity index (χ1) is 12.1. The molecular weight excluding hydrogens is 334 g/mol. The van der Waals surface area contributed by atoms with Gasteiger partial charge in [0.15, 0.2) is 11.7 Å². The standard InChI is InChI=1S/C19H17N3O2S/c1-3-22(19-21-18-13(2)7-6-10-16(18)25-19)17(23)12-24-15-9-5-4-8-14(15)11-20/h4-10H,3,12H2,1-2H3. The molecule has 1 amide bonds. The Hall–Kier alpha value is -2.91. The Kier molecular flexibility index (Phi) is 4.96. The number of benzene rings is 2. The highest BCUT2D eigenvalue weighted by Crippen LogP contribution is 2.30. The van der Waals surface area contributed by atoms with Gasteiger partial charge in [0.1, 0.15) is 11.8 Å². The van der Waals surface area contributed by atoms with Gasteiger partial charge in [0, 0.05) is 6.54 Å². The minimum atomic E-state index is -0.188. The van der Waals surface area contributed by atoms with Crippen LogP contribution in [0.4, 0.5) is 5.13 Å². The molecule has 0 fully saturated rings. The van der Waals surface area contributed by atoms with Crippen LogP contribution in [0.15, 0.2) is 42.5 Å². The van der Waals surface area contributed by atoms with Crippen LogP contribution in [-0.2, 0) is 4.79 Å². The number of rotatable bonds is 5. The average molecular weight is 351 g/mol. The first kappa shape index (κ1) is 16.9. The van der Waals surface area contributed by atoms with Crippen LogP contribution in [0, 0.1) is 18.3 Å². The highest BCUT2D eigenvalue weighted by atomic mass is 32.1. The lowest BCUT2D eigenvalue weighted by atomic mass is 10.2. The third-order valence-electron chi connectivity index (χ3n) is 3.82. The van der Waals surface area contributed by atoms with Crippen LogP contribution in [0.1, 0.15) is 18.1 Å². The lowest BCUT2D eigenvalue weighted by Gasteiger charge is -2.18. The van der Waals surface area contributed by atoms with Crippen molar-refractivity contribution in [2.45, 2.75) is 13.8 Å². The summed E-state index contributed by atoms with van der Waals surface area (Å²) >= 11 is 1.49. The number of fused-ring (bicyclic) bond motifs is 1. The molecule has 1 aromatic heterocycles. The number of anilines is 1. The number of hydrogen-bond donors (Lipinski definition) is 0. The van der Waals surface area contributed by atoms with Crippen molar-refractivity contribution in [2.24, 2.45) is 0 Å². The van der Waals surface area contributed by atoms with E-state index in [1.807, 2.05) is 32.0 Å². The van der Waals surface area contributed by atoms with E-state index >= 15 is 0 Å². The molecule has 3 aromatic rings. The fraction of sp³-hybridized carbons (Fsp3) is 0.211. The summed E-state index contributed by atoms with van der Waals surface area (Å²) in [5, 5.41) is 9.75. The second kappa shape index (κ2) is 7.32. The van der Waals surface area contributed by atoms with Gasteiger partial charge in [0.25, 0.3) is 5.91 Å². The second-order valence-corrected chi connectivity index (χ2v) is 6.46. The number of nitrogens with zero attached hydrogens (tertiary/aromatic N) is 3. The number of amides is 1. The van der Waals surface area contributed by atoms with Crippen LogP contribution >= 0.6 is 11.3 Å². The van der Waals surface area contributed by atoms with E-state index in [9.17, 15) is 4.79 Å². The number of hydrogen-bond acceptors (Lipinski definition) is 5. The van der Waals surface area contributed by atoms with E-state index in [-0.39, 0.29) is 12.5 Å². The SMILES string of the molecule is CCN(C(=O)COc1ccccc1C#N)c1nc2c(C)cccc2s1. The quantitative estimate of drug-likeness (QED) is 0.699. The van der Waals surface area contributed by atoms with Crippen molar-refractivity contribution in [3.63, 3.8) is 0 Å². The summed E-state index contributed by atoms with van der Waals surface area (Å²) in [7, 11) is 0. The summed E-state index contributed by atoms with van der Waals surface area (Å²) in [4.78, 5) is 18.8. The van der Waals surface area contributed by atoms with Gasteiger partial charge in [-0.25, -0.2) is 4.98 Å². The van der Waals surface area contributed by atoms with Gasteiger partial charge in [-0.05, 0) is 37.6 Å². The molecule has 3 rings (SSSR count). The molecule has 5 nitrogen and oxygen atoms in total. The fourth-order valence-electron chi connectivity index (χ4n) is 2.51. The zero-order chi connectivity index (χ0) is 17.8. The molecule has 0 saturated heterocycles. The van der Waals surface area contributed by atoms with Crippen LogP contribution in [0.2, 0.25) is 0 Å². The summed E-state index contributed by atoms with van der Waals surface area (Å²) < 4.78 is 6.61. The summed E-state index contributed by atoms with van der Waals surface area (Å²) in [6, 6.07) is 14.9. The molecule has 2 aromatic carbocycles. The van der Waals surface area contributed by atoms with E-state index in [0.717, 1.165) is 15.8 Å². The van der Waals surface area contributed by atoms with E-state index in [1.165, 1.54) is 11.3 Å². The molecule has 0 bridgehead atoms. The fourth-order valence-corrected chi connectivity index (χ4v) is 3.64. The van der Waals surface area contributed by atoms with E-state index in [0.29, 0.717) is 23.0 Å². The predicted octanol–water partition coefficient (Wildman–Crippen LogP) is 3.91. The van der Waals surface area contributed by atoms with E-state index in [1.54, 1.807) is 29.2 Å². The van der Waals surface area contributed by atoms with Gasteiger partial charge in [-0.15, -0.1) is 0 Å². The third kappa shape index (κ3) is 3.47. The largest absolute Gasteiger partial charge is 0.482 e. The molecular formula is C19H17N3O2S. The Labute approximate surface area is 150 Å². The van der Waals surface area contributed by atoms with Gasteiger partial charge in [-0.1, -0.05) is 35.6 Å². The molecule has 6 heteroatoms. The van der Waals surface area contributed by atoms with Crippen LogP contribution < -0.4 is 9.64 Å². The maximum Gasteiger partial charge on any atom is 0.266 e. The lowest BCUT2D eigenvalue weighted by molar-refractivity contribution is -0.120. The summed E-state index contributed by atoms with van der Waals surface area (Å²) in [6.45, 7) is 4.27. The van der Waals surface area contributed by atoms with Crippen LogP contribution in [0.5, 0.6) is 5.75 Å². The maximum atomic E-state index is 12.6. The zero-order valence-corrected chi connectivity index (χ0v) is 14.8. The van der Waals surface area contributed by atoms with Gasteiger partial charge >= 0.3 is 0 Å². The number of likely N-dealkylation sites (N-methyl/N-ethyl adjacent to an activating group) is 1. The Morgan fingerprint density at radius 1 is 1.28 bits per heavy atom. The molecule has 0 atom stereocenters. The maximum absolute atomic E-state index is 12.6. The number of para-hydroxylation sites is 2. The monoisotopic (exact) mass is 351 g/mol. The molecule has 0 N–H and O–H groups in total. The van der Waals surface area contributed by atoms with Crippen molar-refractivity contribution < 1.29 is 9.53 Å². The van der Waals surface area contributed by atoms with Crippen molar-refractivity contribution >= 4 is 32.6 Å². The summed E-state index contributed by atoms with van der Waals surface area (Å²) in [6.07, 6.45) is 0. The Bertz CT molecular complexity index is 959. The predicted molar refractivity (Wildman–Crippen MR) is 99.0 cm³/mol. The molecule has 1 heterocycles. The number of carbonyl (C=O) groups excluding carboxylic acids is 1. The van der Waals surface area contributed by atoms with Gasteiger partial charge < -0.3 is 4.74 Å². The number of aryl methyl sites for hydroxylation is 1. The summed E-state index contributed by atoms with van der Waals surface area (Å²) in [5.41, 5.74) is 2.42. The second-order valence-electron chi connectivity index (χ2n) is 5.45. The van der Waals surface area contributed by atoms with E-state index in [4.69, 9.17) is 10.00 Å². The molecule has 126 valence electrons.